The summed E-state index contributed by atoms with van der Waals surface area (Å²) in [7, 11) is 1.59. The number of carbonyl (C=O) groups is 1. The number of benzene rings is 2. The predicted octanol–water partition coefficient (Wildman–Crippen LogP) is 4.52. The standard InChI is InChI=1S/C24H29N3O4/c1-5-30-20-11-6-17(14-21(20)29-4)15-25-22(28)12-13-23-26-24(27-31-23)19-9-7-18(8-10-19)16(2)3/h6-11,14,16H,5,12-13,15H2,1-4H3,(H,25,28). The molecule has 3 rings (SSSR count). The smallest absolute Gasteiger partial charge is 0.227 e. The van der Waals surface area contributed by atoms with Gasteiger partial charge in [-0.2, -0.15) is 4.98 Å². The second-order valence-corrected chi connectivity index (χ2v) is 7.48. The van der Waals surface area contributed by atoms with E-state index < -0.39 is 0 Å². The highest BCUT2D eigenvalue weighted by molar-refractivity contribution is 5.76. The van der Waals surface area contributed by atoms with Crippen molar-refractivity contribution in [2.75, 3.05) is 13.7 Å². The van der Waals surface area contributed by atoms with E-state index in [1.54, 1.807) is 7.11 Å². The lowest BCUT2D eigenvalue weighted by Gasteiger charge is -2.11. The average molecular weight is 424 g/mol. The van der Waals surface area contributed by atoms with Crippen LogP contribution in [0.15, 0.2) is 47.0 Å². The number of aromatic nitrogens is 2. The fraction of sp³-hybridized carbons (Fsp3) is 0.375. The van der Waals surface area contributed by atoms with Crippen LogP contribution >= 0.6 is 0 Å². The SMILES string of the molecule is CCOc1ccc(CNC(=O)CCc2nc(-c3ccc(C(C)C)cc3)no2)cc1OC. The first kappa shape index (κ1) is 22.3. The van der Waals surface area contributed by atoms with Gasteiger partial charge in [0.25, 0.3) is 0 Å². The number of aryl methyl sites for hydroxylation is 1. The molecule has 0 saturated carbocycles. The zero-order chi connectivity index (χ0) is 22.2. The number of rotatable bonds is 10. The molecule has 0 saturated heterocycles. The molecule has 0 bridgehead atoms. The van der Waals surface area contributed by atoms with Crippen molar-refractivity contribution >= 4 is 5.91 Å². The van der Waals surface area contributed by atoms with Crippen LogP contribution in [0.25, 0.3) is 11.4 Å². The minimum absolute atomic E-state index is 0.0890. The fourth-order valence-electron chi connectivity index (χ4n) is 3.10. The number of nitrogens with one attached hydrogen (secondary N) is 1. The summed E-state index contributed by atoms with van der Waals surface area (Å²) in [5.41, 5.74) is 3.08. The van der Waals surface area contributed by atoms with Crippen LogP contribution in [0.2, 0.25) is 0 Å². The summed E-state index contributed by atoms with van der Waals surface area (Å²) in [5, 5.41) is 6.93. The number of methoxy groups -OCH3 is 1. The Hall–Kier alpha value is -3.35. The molecule has 1 N–H and O–H groups in total. The molecule has 3 aromatic rings. The molecule has 0 fully saturated rings. The minimum Gasteiger partial charge on any atom is -0.493 e. The van der Waals surface area contributed by atoms with Crippen LogP contribution in [0.5, 0.6) is 11.5 Å². The molecule has 1 amide bonds. The van der Waals surface area contributed by atoms with Crippen LogP contribution in [0, 0.1) is 0 Å². The summed E-state index contributed by atoms with van der Waals surface area (Å²) in [6.45, 7) is 7.19. The van der Waals surface area contributed by atoms with Crippen molar-refractivity contribution in [3.63, 3.8) is 0 Å². The number of amides is 1. The molecule has 0 unspecified atom stereocenters. The lowest BCUT2D eigenvalue weighted by molar-refractivity contribution is -0.121. The highest BCUT2D eigenvalue weighted by atomic mass is 16.5. The number of nitrogens with zero attached hydrogens (tertiary/aromatic N) is 2. The van der Waals surface area contributed by atoms with Gasteiger partial charge >= 0.3 is 0 Å². The van der Waals surface area contributed by atoms with E-state index in [1.165, 1.54) is 5.56 Å². The van der Waals surface area contributed by atoms with Gasteiger partial charge in [-0.1, -0.05) is 49.3 Å². The van der Waals surface area contributed by atoms with Gasteiger partial charge in [0, 0.05) is 24.9 Å². The van der Waals surface area contributed by atoms with E-state index in [2.05, 4.69) is 41.4 Å². The van der Waals surface area contributed by atoms with Gasteiger partial charge in [-0.3, -0.25) is 4.79 Å². The van der Waals surface area contributed by atoms with Crippen LogP contribution < -0.4 is 14.8 Å². The van der Waals surface area contributed by atoms with Gasteiger partial charge in [-0.15, -0.1) is 0 Å². The van der Waals surface area contributed by atoms with Crippen molar-refractivity contribution in [2.24, 2.45) is 0 Å². The number of ether oxygens (including phenoxy) is 2. The Bertz CT molecular complexity index is 996. The first-order valence-electron chi connectivity index (χ1n) is 10.5. The highest BCUT2D eigenvalue weighted by Gasteiger charge is 2.12. The van der Waals surface area contributed by atoms with Crippen LogP contribution in [-0.2, 0) is 17.8 Å². The van der Waals surface area contributed by atoms with E-state index in [4.69, 9.17) is 14.0 Å². The summed E-state index contributed by atoms with van der Waals surface area (Å²) in [4.78, 5) is 16.6. The molecule has 0 radical (unpaired) electrons. The molecule has 0 aliphatic carbocycles. The molecule has 0 spiro atoms. The second kappa shape index (κ2) is 10.6. The molecular formula is C24H29N3O4. The zero-order valence-electron chi connectivity index (χ0n) is 18.5. The van der Waals surface area contributed by atoms with E-state index >= 15 is 0 Å². The zero-order valence-corrected chi connectivity index (χ0v) is 18.5. The molecule has 2 aromatic carbocycles. The summed E-state index contributed by atoms with van der Waals surface area (Å²) in [6.07, 6.45) is 0.650. The monoisotopic (exact) mass is 423 g/mol. The normalized spacial score (nSPS) is 10.9. The quantitative estimate of drug-likeness (QED) is 0.516. The van der Waals surface area contributed by atoms with Crippen molar-refractivity contribution in [1.82, 2.24) is 15.5 Å². The number of hydrogen-bond donors (Lipinski definition) is 1. The van der Waals surface area contributed by atoms with Crippen molar-refractivity contribution in [3.8, 4) is 22.9 Å². The maximum absolute atomic E-state index is 12.2. The Kier molecular flexibility index (Phi) is 7.65. The molecule has 0 aliphatic heterocycles. The molecule has 0 aliphatic rings. The first-order chi connectivity index (χ1) is 15.0. The summed E-state index contributed by atoms with van der Waals surface area (Å²) in [5.74, 6) is 2.69. The Labute approximate surface area is 182 Å². The minimum atomic E-state index is -0.0890. The second-order valence-electron chi connectivity index (χ2n) is 7.48. The van der Waals surface area contributed by atoms with Crippen molar-refractivity contribution < 1.29 is 18.8 Å². The fourth-order valence-corrected chi connectivity index (χ4v) is 3.10. The Morgan fingerprint density at radius 2 is 1.90 bits per heavy atom. The molecule has 1 aromatic heterocycles. The Morgan fingerprint density at radius 3 is 2.58 bits per heavy atom. The Morgan fingerprint density at radius 1 is 1.13 bits per heavy atom. The van der Waals surface area contributed by atoms with Crippen molar-refractivity contribution in [3.05, 3.63) is 59.5 Å². The van der Waals surface area contributed by atoms with Gasteiger partial charge in [0.1, 0.15) is 0 Å². The van der Waals surface area contributed by atoms with Gasteiger partial charge in [0.2, 0.25) is 17.6 Å². The van der Waals surface area contributed by atoms with E-state index in [-0.39, 0.29) is 12.3 Å². The molecule has 164 valence electrons. The predicted molar refractivity (Wildman–Crippen MR) is 118 cm³/mol. The third-order valence-corrected chi connectivity index (χ3v) is 4.89. The molecular weight excluding hydrogens is 394 g/mol. The lowest BCUT2D eigenvalue weighted by atomic mass is 10.0. The van der Waals surface area contributed by atoms with Gasteiger partial charge in [0.15, 0.2) is 11.5 Å². The maximum atomic E-state index is 12.2. The van der Waals surface area contributed by atoms with E-state index in [9.17, 15) is 4.79 Å². The Balaban J connectivity index is 1.50. The summed E-state index contributed by atoms with van der Waals surface area (Å²) < 4.78 is 16.2. The van der Waals surface area contributed by atoms with Crippen molar-refractivity contribution in [1.29, 1.82) is 0 Å². The lowest BCUT2D eigenvalue weighted by Crippen LogP contribution is -2.23. The molecule has 7 heteroatoms. The van der Waals surface area contributed by atoms with Gasteiger partial charge in [-0.05, 0) is 36.1 Å². The van der Waals surface area contributed by atoms with Gasteiger partial charge < -0.3 is 19.3 Å². The van der Waals surface area contributed by atoms with Crippen LogP contribution in [-0.4, -0.2) is 29.8 Å². The molecule has 31 heavy (non-hydrogen) atoms. The van der Waals surface area contributed by atoms with Crippen LogP contribution in [0.1, 0.15) is 50.1 Å². The van der Waals surface area contributed by atoms with Crippen LogP contribution in [0.4, 0.5) is 0 Å². The summed E-state index contributed by atoms with van der Waals surface area (Å²) in [6, 6.07) is 13.7. The number of carbonyl (C=O) groups excluding carboxylic acids is 1. The maximum Gasteiger partial charge on any atom is 0.227 e. The number of hydrogen-bond acceptors (Lipinski definition) is 6. The molecule has 1 heterocycles. The molecule has 0 atom stereocenters. The summed E-state index contributed by atoms with van der Waals surface area (Å²) >= 11 is 0. The largest absolute Gasteiger partial charge is 0.493 e. The third kappa shape index (κ3) is 6.07. The average Bonchev–Trinajstić information content (AvgIpc) is 3.26. The van der Waals surface area contributed by atoms with Gasteiger partial charge in [-0.25, -0.2) is 0 Å². The van der Waals surface area contributed by atoms with Crippen LogP contribution in [0.3, 0.4) is 0 Å². The highest BCUT2D eigenvalue weighted by Crippen LogP contribution is 2.28. The topological polar surface area (TPSA) is 86.5 Å². The molecule has 7 nitrogen and oxygen atoms in total. The van der Waals surface area contributed by atoms with E-state index in [0.717, 1.165) is 11.1 Å². The van der Waals surface area contributed by atoms with Gasteiger partial charge in [0.05, 0.1) is 13.7 Å². The third-order valence-electron chi connectivity index (χ3n) is 4.89. The first-order valence-corrected chi connectivity index (χ1v) is 10.5. The van der Waals surface area contributed by atoms with E-state index in [1.807, 2.05) is 37.3 Å². The van der Waals surface area contributed by atoms with Crippen molar-refractivity contribution in [2.45, 2.75) is 46.1 Å². The van der Waals surface area contributed by atoms with E-state index in [0.29, 0.717) is 48.7 Å².